The number of anilines is 1. The fourth-order valence-corrected chi connectivity index (χ4v) is 15.4. The number of cyclic esters (lactones) is 1. The third-order valence-electron chi connectivity index (χ3n) is 21.4. The van der Waals surface area contributed by atoms with E-state index in [1.165, 1.54) is 35.6 Å². The third kappa shape index (κ3) is 33.3. The maximum absolute atomic E-state index is 15.1. The smallest absolute Gasteiger partial charge is 0.407 e. The lowest BCUT2D eigenvalue weighted by molar-refractivity contribution is -0.156. The van der Waals surface area contributed by atoms with Gasteiger partial charge < -0.3 is 126 Å². The molecule has 7 rings (SSSR count). The number of aliphatic hydroxyl groups excluding tert-OH is 1. The van der Waals surface area contributed by atoms with E-state index in [2.05, 4.69) is 70.7 Å². The second-order valence-corrected chi connectivity index (χ2v) is 32.6. The molecule has 10 unspecified atom stereocenters. The zero-order valence-corrected chi connectivity index (χ0v) is 74.0. The first-order valence-electron chi connectivity index (χ1n) is 42.8. The van der Waals surface area contributed by atoms with Gasteiger partial charge in [0.25, 0.3) is 0 Å². The number of benzene rings is 4. The number of ketones is 1. The van der Waals surface area contributed by atoms with Crippen molar-refractivity contribution in [2.45, 2.75) is 209 Å². The van der Waals surface area contributed by atoms with Gasteiger partial charge in [0.05, 0.1) is 51.8 Å². The molecule has 1 saturated heterocycles. The van der Waals surface area contributed by atoms with Gasteiger partial charge in [0, 0.05) is 47.8 Å². The van der Waals surface area contributed by atoms with E-state index in [4.69, 9.17) is 20.9 Å². The number of carboxylic acids is 4. The van der Waals surface area contributed by atoms with Gasteiger partial charge in [-0.25, -0.2) is 14.4 Å². The zero-order valence-electron chi connectivity index (χ0n) is 73.1. The van der Waals surface area contributed by atoms with E-state index in [-0.39, 0.29) is 43.8 Å². The van der Waals surface area contributed by atoms with Crippen LogP contribution in [0.3, 0.4) is 0 Å². The number of carboxylic acid groups (broad SMARTS) is 4. The minimum Gasteiger partial charge on any atom is -0.481 e. The second kappa shape index (κ2) is 52.2. The summed E-state index contributed by atoms with van der Waals surface area (Å²) in [6.45, 7) is 0.849. The number of nitrogens with one attached hydrogen (secondary N) is 15. The maximum Gasteiger partial charge on any atom is 0.407 e. The van der Waals surface area contributed by atoms with Crippen LogP contribution in [0.2, 0.25) is 0 Å². The van der Waals surface area contributed by atoms with Crippen LogP contribution in [0.4, 0.5) is 15.3 Å². The number of fused-ring (bicyclic) bond motifs is 4. The second-order valence-electron chi connectivity index (χ2n) is 31.7. The molecule has 2 heterocycles. The summed E-state index contributed by atoms with van der Waals surface area (Å²) in [6, 6.07) is 2.98. The molecule has 1 aromatic heterocycles. The predicted octanol–water partition coefficient (Wildman–Crippen LogP) is -1.52. The minimum atomic E-state index is -2.51. The zero-order chi connectivity index (χ0) is 97.7. The molecule has 1 fully saturated rings. The molecular formula is C87H111N17O28S. The highest BCUT2D eigenvalue weighted by molar-refractivity contribution is 7.17. The quantitative estimate of drug-likeness (QED) is 0.00924. The fraction of sp³-hybridized carbons (Fsp3) is 0.460. The van der Waals surface area contributed by atoms with E-state index in [9.17, 15) is 112 Å². The lowest BCUT2D eigenvalue weighted by Gasteiger charge is -2.30. The molecule has 0 saturated carbocycles. The van der Waals surface area contributed by atoms with E-state index in [1.54, 1.807) is 29.6 Å². The van der Waals surface area contributed by atoms with Crippen molar-refractivity contribution in [1.82, 2.24) is 79.8 Å². The molecule has 45 nitrogen and oxygen atoms in total. The molecule has 13 atom stereocenters. The Bertz CT molecular complexity index is 5060. The monoisotopic (exact) mass is 1870 g/mol. The average molecular weight is 1880 g/mol. The number of nitrogens with two attached hydrogens (primary N) is 2. The van der Waals surface area contributed by atoms with E-state index in [0.717, 1.165) is 86.2 Å². The van der Waals surface area contributed by atoms with Gasteiger partial charge >= 0.3 is 42.0 Å². The van der Waals surface area contributed by atoms with Gasteiger partial charge in [-0.3, -0.25) is 86.3 Å². The van der Waals surface area contributed by atoms with Gasteiger partial charge in [0.2, 0.25) is 76.8 Å². The van der Waals surface area contributed by atoms with Crippen LogP contribution in [0, 0.1) is 5.92 Å². The summed E-state index contributed by atoms with van der Waals surface area (Å²) in [5.41, 5.74) is 15.4. The number of nitrogen functional groups attached to an aromatic ring is 1. The number of alkyl carbamates (subject to hydrolysis) is 1. The number of carbonyl (C=O) groups is 21. The van der Waals surface area contributed by atoms with Gasteiger partial charge in [-0.15, -0.1) is 11.3 Å². The number of rotatable bonds is 38. The largest absolute Gasteiger partial charge is 0.481 e. The molecule has 0 spiro atoms. The Labute approximate surface area is 765 Å². The molecular weight excluding hydrogens is 1760 g/mol. The Kier molecular flexibility index (Phi) is 41.3. The number of amides is 16. The number of ether oxygens (including phenoxy) is 2. The average Bonchev–Trinajstić information content (AvgIpc) is 1.61. The van der Waals surface area contributed by atoms with Crippen LogP contribution in [0.1, 0.15) is 157 Å². The Morgan fingerprint density at radius 2 is 1.06 bits per heavy atom. The fourth-order valence-electron chi connectivity index (χ4n) is 14.4. The number of para-hydroxylation sites is 1. The topological polar surface area (TPSA) is 711 Å². The van der Waals surface area contributed by atoms with Crippen molar-refractivity contribution in [2.75, 3.05) is 45.1 Å². The van der Waals surface area contributed by atoms with E-state index in [1.807, 2.05) is 64.5 Å². The maximum atomic E-state index is 15.1. The van der Waals surface area contributed by atoms with E-state index >= 15 is 14.4 Å². The normalized spacial score (nSPS) is 20.1. The van der Waals surface area contributed by atoms with Gasteiger partial charge in [0.15, 0.2) is 5.78 Å². The molecule has 133 heavy (non-hydrogen) atoms. The number of unbranched alkanes of at least 4 members (excludes halogenated alkanes) is 6. The minimum absolute atomic E-state index is 0.155. The Hall–Kier alpha value is -14.7. The van der Waals surface area contributed by atoms with Crippen molar-refractivity contribution in [1.29, 1.82) is 0 Å². The highest BCUT2D eigenvalue weighted by Crippen LogP contribution is 2.44. The van der Waals surface area contributed by atoms with Crippen LogP contribution in [0.25, 0.3) is 21.2 Å². The van der Waals surface area contributed by atoms with Crippen LogP contribution in [-0.4, -0.2) is 262 Å². The lowest BCUT2D eigenvalue weighted by Crippen LogP contribution is -2.62. The number of primary amides is 1. The number of carbonyl (C=O) groups excluding carboxylic acids is 17. The van der Waals surface area contributed by atoms with Crippen molar-refractivity contribution in [3.63, 3.8) is 0 Å². The summed E-state index contributed by atoms with van der Waals surface area (Å²) in [6.07, 6.45) is -5.08. The van der Waals surface area contributed by atoms with E-state index < -0.39 is 274 Å². The SMILES string of the molecule is CCCCCCCCCNC(=O)N[C@@H](Cc1csc2ccccc12)C(=O)N[C@@H](CC(N)=O)C(=O)N[C@@H](CC(=O)O)C(=O)NC1C(=O)NCC(=O)NC(CCCNC(=O)OCC2c3ccccc3-c3ccccc32)C(=O)NC(CC(=O)O)C(=O)NC(C)C(=O)NC(CC(=O)O)C(=O)NCC(=O)NC(CO)C(=O)NC(C(C)CC(=O)O)C(=O)NC(CC(=O)c2ccccc2N)C(=O)OC1C. The molecule has 718 valence electrons. The van der Waals surface area contributed by atoms with Crippen LogP contribution < -0.4 is 91.2 Å². The van der Waals surface area contributed by atoms with Crippen molar-refractivity contribution in [2.24, 2.45) is 11.7 Å². The van der Waals surface area contributed by atoms with Crippen molar-refractivity contribution >= 4 is 152 Å². The number of esters is 1. The molecule has 5 aromatic rings. The van der Waals surface area contributed by atoms with Gasteiger partial charge in [-0.05, 0) is 95.8 Å². The number of urea groups is 1. The molecule has 24 N–H and O–H groups in total. The summed E-state index contributed by atoms with van der Waals surface area (Å²) in [5, 5.41) is 86.5. The van der Waals surface area contributed by atoms with Crippen LogP contribution in [-0.2, 0) is 102 Å². The van der Waals surface area contributed by atoms with Crippen molar-refractivity contribution in [3.8, 4) is 11.1 Å². The van der Waals surface area contributed by atoms with Crippen molar-refractivity contribution in [3.05, 3.63) is 125 Å². The van der Waals surface area contributed by atoms with Crippen LogP contribution in [0.15, 0.2) is 102 Å². The summed E-state index contributed by atoms with van der Waals surface area (Å²) in [5.74, 6) is -30.2. The Morgan fingerprint density at radius 3 is 1.68 bits per heavy atom. The standard InChI is InChI=1S/C87H111N17O28S/c1-5-6-7-8-9-10-19-30-90-86(129)102-57(33-47-43-133-65-29-18-16-21-48(47)65)79(122)98-58(35-66(89)107)80(123)100-61(38-72(116)117)81(124)104-74-46(4)132-85(128)62(34-64(106)53-26-15-17-27-55(53)88)101-84(127)73(44(2)32-69(110)111)103-82(125)63(41-105)96-68(109)39-92-76(119)59(36-70(112)113)97-75(118)45(3)94-78(121)60(37-71(114)115)99-77(120)56(95-67(108)40-93-83(74)126)28-20-31-91-87(130)131-42-54-51-24-13-11-22-49(51)50-23-12-14-25-52(50)54/h11-18,21-27,29,43-46,54,56-63,73-74,105H,5-10,19-20,28,30-42,88H2,1-4H3,(H2,89,107)(H,91,130)(H,92,119)(H,93,126)(H,94,121)(H,95,108)(H,96,109)(H,97,118)(H,98,122)(H,99,120)(H,100,123)(H,101,127)(H,103,125)(H,104,124)(H,110,111)(H,112,113)(H,114,115)(H,116,117)(H2,90,102,129)/t44?,45?,46?,56?,57-,58-,59?,60?,61-,62?,63?,73?,74?/m0/s1. The molecule has 0 bridgehead atoms. The van der Waals surface area contributed by atoms with Crippen LogP contribution in [0.5, 0.6) is 0 Å². The molecule has 1 aliphatic carbocycles. The van der Waals surface area contributed by atoms with E-state index in [0.29, 0.717) is 17.4 Å². The van der Waals surface area contributed by atoms with Gasteiger partial charge in [-0.1, -0.05) is 131 Å². The van der Waals surface area contributed by atoms with Gasteiger partial charge in [-0.2, -0.15) is 0 Å². The number of hydrogen-bond acceptors (Lipinski definition) is 26. The first-order valence-corrected chi connectivity index (χ1v) is 43.6. The number of hydrogen-bond donors (Lipinski definition) is 22. The molecule has 46 heteroatoms. The first-order chi connectivity index (χ1) is 63.2. The van der Waals surface area contributed by atoms with Gasteiger partial charge in [0.1, 0.15) is 79.2 Å². The Morgan fingerprint density at radius 1 is 0.526 bits per heavy atom. The highest BCUT2D eigenvalue weighted by atomic mass is 32.1. The predicted molar refractivity (Wildman–Crippen MR) is 472 cm³/mol. The molecule has 16 amide bonds. The lowest BCUT2D eigenvalue weighted by atomic mass is 9.96. The van der Waals surface area contributed by atoms with Crippen LogP contribution >= 0.6 is 11.3 Å². The number of aliphatic carboxylic acids is 4. The molecule has 1 aliphatic heterocycles. The Balaban J connectivity index is 1.26. The number of Topliss-reactive ketones (excluding diaryl/α,β-unsaturated/α-hetero) is 1. The summed E-state index contributed by atoms with van der Waals surface area (Å²) < 4.78 is 12.2. The molecule has 2 aliphatic rings. The molecule has 4 aromatic carbocycles. The number of thiophene rings is 1. The summed E-state index contributed by atoms with van der Waals surface area (Å²) >= 11 is 1.31. The summed E-state index contributed by atoms with van der Waals surface area (Å²) in [4.78, 5) is 291. The third-order valence-corrected chi connectivity index (χ3v) is 22.4. The first kappa shape index (κ1) is 105. The number of aliphatic hydroxyl groups is 1. The summed E-state index contributed by atoms with van der Waals surface area (Å²) in [7, 11) is 0. The van der Waals surface area contributed by atoms with Crippen molar-refractivity contribution < 1.29 is 136 Å². The highest BCUT2D eigenvalue weighted by Gasteiger charge is 2.42. The molecule has 0 radical (unpaired) electrons.